The number of imidazole rings is 1. The summed E-state index contributed by atoms with van der Waals surface area (Å²) in [5, 5.41) is 8.82. The first-order valence-corrected chi connectivity index (χ1v) is 7.46. The second-order valence-electron chi connectivity index (χ2n) is 5.22. The van der Waals surface area contributed by atoms with Crippen LogP contribution in [0.3, 0.4) is 0 Å². The van der Waals surface area contributed by atoms with Gasteiger partial charge in [-0.1, -0.05) is 6.92 Å². The standard InChI is InChI=1S/C16H21N3O3/c1-4-12-15(16(22)18(5-2)8-7-14(20)21)19-9-6-11(3)10-13(19)17-12/h6,9-10H,4-5,7-8H2,1-3H3,(H,20,21). The molecule has 2 aromatic heterocycles. The molecule has 0 fully saturated rings. The Morgan fingerprint density at radius 1 is 1.36 bits per heavy atom. The molecule has 6 nitrogen and oxygen atoms in total. The van der Waals surface area contributed by atoms with Gasteiger partial charge in [0.05, 0.1) is 12.1 Å². The molecule has 22 heavy (non-hydrogen) atoms. The third-order valence-corrected chi connectivity index (χ3v) is 3.66. The second kappa shape index (κ2) is 6.60. The maximum atomic E-state index is 12.8. The molecule has 0 bridgehead atoms. The molecule has 0 aliphatic rings. The van der Waals surface area contributed by atoms with Crippen LogP contribution in [0.15, 0.2) is 18.3 Å². The average molecular weight is 303 g/mol. The van der Waals surface area contributed by atoms with Crippen LogP contribution in [0.25, 0.3) is 5.65 Å². The number of hydrogen-bond acceptors (Lipinski definition) is 3. The summed E-state index contributed by atoms with van der Waals surface area (Å²) in [6.07, 6.45) is 2.43. The molecule has 2 rings (SSSR count). The molecular weight excluding hydrogens is 282 g/mol. The van der Waals surface area contributed by atoms with Gasteiger partial charge >= 0.3 is 5.97 Å². The van der Waals surface area contributed by atoms with E-state index in [1.54, 1.807) is 9.30 Å². The Labute approximate surface area is 129 Å². The van der Waals surface area contributed by atoms with Crippen LogP contribution in [0.2, 0.25) is 0 Å². The van der Waals surface area contributed by atoms with Crippen LogP contribution < -0.4 is 0 Å². The molecule has 6 heteroatoms. The molecule has 0 saturated heterocycles. The van der Waals surface area contributed by atoms with Crippen molar-refractivity contribution in [2.75, 3.05) is 13.1 Å². The van der Waals surface area contributed by atoms with E-state index in [9.17, 15) is 9.59 Å². The van der Waals surface area contributed by atoms with Gasteiger partial charge in [-0.2, -0.15) is 0 Å². The molecule has 0 atom stereocenters. The third-order valence-electron chi connectivity index (χ3n) is 3.66. The SMILES string of the molecule is CCc1nc2cc(C)ccn2c1C(=O)N(CC)CCC(=O)O. The van der Waals surface area contributed by atoms with Crippen LogP contribution in [0, 0.1) is 6.92 Å². The zero-order chi connectivity index (χ0) is 16.3. The first-order valence-electron chi connectivity index (χ1n) is 7.46. The van der Waals surface area contributed by atoms with E-state index in [1.165, 1.54) is 0 Å². The van der Waals surface area contributed by atoms with Crippen LogP contribution in [0.1, 0.15) is 42.0 Å². The first-order chi connectivity index (χ1) is 10.5. The first kappa shape index (κ1) is 16.0. The molecule has 1 amide bonds. The topological polar surface area (TPSA) is 74.9 Å². The van der Waals surface area contributed by atoms with Gasteiger partial charge in [-0.05, 0) is 38.0 Å². The fourth-order valence-electron chi connectivity index (χ4n) is 2.45. The van der Waals surface area contributed by atoms with Crippen LogP contribution in [-0.4, -0.2) is 44.4 Å². The molecule has 2 heterocycles. The summed E-state index contributed by atoms with van der Waals surface area (Å²) >= 11 is 0. The smallest absolute Gasteiger partial charge is 0.305 e. The van der Waals surface area contributed by atoms with E-state index in [0.29, 0.717) is 18.7 Å². The monoisotopic (exact) mass is 303 g/mol. The minimum Gasteiger partial charge on any atom is -0.481 e. The summed E-state index contributed by atoms with van der Waals surface area (Å²) in [6.45, 7) is 6.45. The molecule has 0 unspecified atom stereocenters. The van der Waals surface area contributed by atoms with Crippen molar-refractivity contribution in [2.45, 2.75) is 33.6 Å². The van der Waals surface area contributed by atoms with Gasteiger partial charge in [0, 0.05) is 19.3 Å². The van der Waals surface area contributed by atoms with Gasteiger partial charge in [0.2, 0.25) is 0 Å². The zero-order valence-corrected chi connectivity index (χ0v) is 13.2. The lowest BCUT2D eigenvalue weighted by molar-refractivity contribution is -0.137. The summed E-state index contributed by atoms with van der Waals surface area (Å²) in [4.78, 5) is 29.6. The molecule has 0 aliphatic carbocycles. The van der Waals surface area contributed by atoms with E-state index < -0.39 is 5.97 Å². The third kappa shape index (κ3) is 3.10. The van der Waals surface area contributed by atoms with E-state index in [1.807, 2.05) is 39.1 Å². The van der Waals surface area contributed by atoms with Gasteiger partial charge in [0.25, 0.3) is 5.91 Å². The highest BCUT2D eigenvalue weighted by atomic mass is 16.4. The van der Waals surface area contributed by atoms with Crippen molar-refractivity contribution < 1.29 is 14.7 Å². The van der Waals surface area contributed by atoms with E-state index in [2.05, 4.69) is 4.98 Å². The Morgan fingerprint density at radius 2 is 2.09 bits per heavy atom. The highest BCUT2D eigenvalue weighted by Gasteiger charge is 2.23. The van der Waals surface area contributed by atoms with E-state index in [0.717, 1.165) is 16.9 Å². The van der Waals surface area contributed by atoms with Crippen molar-refractivity contribution in [1.82, 2.24) is 14.3 Å². The number of rotatable bonds is 6. The van der Waals surface area contributed by atoms with Crippen molar-refractivity contribution in [3.8, 4) is 0 Å². The Kier molecular flexibility index (Phi) is 4.80. The number of aliphatic carboxylic acids is 1. The molecule has 118 valence electrons. The number of hydrogen-bond donors (Lipinski definition) is 1. The van der Waals surface area contributed by atoms with E-state index in [-0.39, 0.29) is 18.9 Å². The van der Waals surface area contributed by atoms with Crippen LogP contribution in [-0.2, 0) is 11.2 Å². The number of aryl methyl sites for hydroxylation is 2. The normalized spacial score (nSPS) is 10.9. The summed E-state index contributed by atoms with van der Waals surface area (Å²) in [5.74, 6) is -1.08. The van der Waals surface area contributed by atoms with Crippen molar-refractivity contribution in [3.05, 3.63) is 35.3 Å². The molecule has 1 N–H and O–H groups in total. The van der Waals surface area contributed by atoms with Crippen molar-refractivity contribution in [3.63, 3.8) is 0 Å². The summed E-state index contributed by atoms with van der Waals surface area (Å²) in [5.41, 5.74) is 3.10. The second-order valence-corrected chi connectivity index (χ2v) is 5.22. The van der Waals surface area contributed by atoms with Gasteiger partial charge < -0.3 is 10.0 Å². The number of fused-ring (bicyclic) bond motifs is 1. The molecule has 0 spiro atoms. The lowest BCUT2D eigenvalue weighted by atomic mass is 10.2. The van der Waals surface area contributed by atoms with Crippen molar-refractivity contribution in [1.29, 1.82) is 0 Å². The van der Waals surface area contributed by atoms with Crippen LogP contribution in [0.5, 0.6) is 0 Å². The summed E-state index contributed by atoms with van der Waals surface area (Å²) in [7, 11) is 0. The predicted molar refractivity (Wildman–Crippen MR) is 83.1 cm³/mol. The molecule has 0 aromatic carbocycles. The van der Waals surface area contributed by atoms with Gasteiger partial charge in [-0.15, -0.1) is 0 Å². The van der Waals surface area contributed by atoms with Crippen LogP contribution in [0.4, 0.5) is 0 Å². The fraction of sp³-hybridized carbons (Fsp3) is 0.438. The lowest BCUT2D eigenvalue weighted by Crippen LogP contribution is -2.34. The Bertz CT molecular complexity index is 706. The number of carboxylic acids is 1. The minimum absolute atomic E-state index is 0.0586. The number of nitrogens with zero attached hydrogens (tertiary/aromatic N) is 3. The van der Waals surface area contributed by atoms with E-state index in [4.69, 9.17) is 5.11 Å². The largest absolute Gasteiger partial charge is 0.481 e. The average Bonchev–Trinajstić information content (AvgIpc) is 2.84. The number of carbonyl (C=O) groups excluding carboxylic acids is 1. The Balaban J connectivity index is 2.42. The summed E-state index contributed by atoms with van der Waals surface area (Å²) in [6, 6.07) is 3.86. The minimum atomic E-state index is -0.907. The maximum Gasteiger partial charge on any atom is 0.305 e. The number of carboxylic acid groups (broad SMARTS) is 1. The van der Waals surface area contributed by atoms with Gasteiger partial charge in [0.1, 0.15) is 11.3 Å². The quantitative estimate of drug-likeness (QED) is 0.887. The van der Waals surface area contributed by atoms with Gasteiger partial charge in [0.15, 0.2) is 0 Å². The number of amides is 1. The maximum absolute atomic E-state index is 12.8. The number of pyridine rings is 1. The molecule has 2 aromatic rings. The number of aromatic nitrogens is 2. The van der Waals surface area contributed by atoms with Gasteiger partial charge in [-0.3, -0.25) is 14.0 Å². The summed E-state index contributed by atoms with van der Waals surface area (Å²) < 4.78 is 1.79. The highest BCUT2D eigenvalue weighted by Crippen LogP contribution is 2.17. The predicted octanol–water partition coefficient (Wildman–Crippen LogP) is 2.14. The highest BCUT2D eigenvalue weighted by molar-refractivity contribution is 5.95. The number of carbonyl (C=O) groups is 2. The Morgan fingerprint density at radius 3 is 2.68 bits per heavy atom. The molecule has 0 radical (unpaired) electrons. The van der Waals surface area contributed by atoms with E-state index >= 15 is 0 Å². The molecular formula is C16H21N3O3. The Hall–Kier alpha value is -2.37. The zero-order valence-electron chi connectivity index (χ0n) is 13.2. The van der Waals surface area contributed by atoms with Gasteiger partial charge in [-0.25, -0.2) is 4.98 Å². The molecule has 0 aliphatic heterocycles. The van der Waals surface area contributed by atoms with Crippen molar-refractivity contribution in [2.24, 2.45) is 0 Å². The lowest BCUT2D eigenvalue weighted by Gasteiger charge is -2.20. The van der Waals surface area contributed by atoms with Crippen molar-refractivity contribution >= 4 is 17.5 Å². The van der Waals surface area contributed by atoms with Crippen LogP contribution >= 0.6 is 0 Å². The molecule has 0 saturated carbocycles. The fourth-order valence-corrected chi connectivity index (χ4v) is 2.45.